The number of carboxylic acids is 2. The number of benzene rings is 2. The molecule has 3 N–H and O–H groups in total. The lowest BCUT2D eigenvalue weighted by atomic mass is 10.0. The number of hydrogen-bond acceptors (Lipinski definition) is 3. The standard InChI is InChI=1S/C20H15NO5/c22-18-16(20(25)26)15(19(23)24)12-21(11-13-7-3-1-4-8-13)17(18)14-9-5-2-6-10-14/h1-10,12H,11H2,(H2-,22,23,24,25,26)/p+1. The summed E-state index contributed by atoms with van der Waals surface area (Å²) in [6.45, 7) is 0.277. The van der Waals surface area contributed by atoms with E-state index in [0.717, 1.165) is 5.56 Å². The number of nitrogens with zero attached hydrogens (tertiary/aromatic N) is 1. The average Bonchev–Trinajstić information content (AvgIpc) is 2.62. The van der Waals surface area contributed by atoms with Gasteiger partial charge in [0.2, 0.25) is 5.75 Å². The number of aromatic carboxylic acids is 2. The molecule has 0 aliphatic heterocycles. The van der Waals surface area contributed by atoms with E-state index in [1.807, 2.05) is 30.3 Å². The smallest absolute Gasteiger partial charge is 0.342 e. The predicted molar refractivity (Wildman–Crippen MR) is 93.2 cm³/mol. The van der Waals surface area contributed by atoms with Crippen LogP contribution >= 0.6 is 0 Å². The number of carbonyl (C=O) groups is 2. The Balaban J connectivity index is 2.30. The molecule has 0 atom stereocenters. The van der Waals surface area contributed by atoms with Gasteiger partial charge < -0.3 is 15.3 Å². The van der Waals surface area contributed by atoms with Gasteiger partial charge in [-0.1, -0.05) is 48.5 Å². The molecule has 6 heteroatoms. The van der Waals surface area contributed by atoms with Gasteiger partial charge in [-0.05, 0) is 12.1 Å². The van der Waals surface area contributed by atoms with Gasteiger partial charge in [-0.15, -0.1) is 0 Å². The van der Waals surface area contributed by atoms with E-state index >= 15 is 0 Å². The van der Waals surface area contributed by atoms with Crippen LogP contribution in [0.25, 0.3) is 11.3 Å². The summed E-state index contributed by atoms with van der Waals surface area (Å²) in [5.41, 5.74) is 0.622. The molecule has 0 aliphatic carbocycles. The van der Waals surface area contributed by atoms with E-state index in [2.05, 4.69) is 0 Å². The van der Waals surface area contributed by atoms with Crippen molar-refractivity contribution in [2.45, 2.75) is 6.54 Å². The lowest BCUT2D eigenvalue weighted by Gasteiger charge is -2.11. The van der Waals surface area contributed by atoms with Gasteiger partial charge in [-0.25, -0.2) is 9.59 Å². The van der Waals surface area contributed by atoms with Gasteiger partial charge in [-0.2, -0.15) is 4.57 Å². The highest BCUT2D eigenvalue weighted by molar-refractivity contribution is 6.04. The Hall–Kier alpha value is -3.67. The maximum atomic E-state index is 11.6. The number of aromatic hydroxyl groups is 1. The second kappa shape index (κ2) is 7.06. The summed E-state index contributed by atoms with van der Waals surface area (Å²) in [4.78, 5) is 23.1. The van der Waals surface area contributed by atoms with E-state index in [1.165, 1.54) is 6.20 Å². The van der Waals surface area contributed by atoms with Gasteiger partial charge in [0.15, 0.2) is 12.7 Å². The van der Waals surface area contributed by atoms with Crippen molar-refractivity contribution in [3.63, 3.8) is 0 Å². The number of hydrogen-bond donors (Lipinski definition) is 3. The minimum Gasteiger partial charge on any atom is -0.502 e. The molecule has 3 aromatic rings. The van der Waals surface area contributed by atoms with E-state index in [4.69, 9.17) is 0 Å². The Morgan fingerprint density at radius 1 is 0.846 bits per heavy atom. The van der Waals surface area contributed by atoms with Gasteiger partial charge in [0.1, 0.15) is 11.1 Å². The zero-order chi connectivity index (χ0) is 18.7. The van der Waals surface area contributed by atoms with Gasteiger partial charge >= 0.3 is 11.9 Å². The van der Waals surface area contributed by atoms with E-state index in [1.54, 1.807) is 34.9 Å². The third kappa shape index (κ3) is 3.25. The third-order valence-electron chi connectivity index (χ3n) is 3.99. The molecule has 0 amide bonds. The SMILES string of the molecule is O=C(O)c1c[n+](Cc2ccccc2)c(-c2ccccc2)c(O)c1C(=O)O. The van der Waals surface area contributed by atoms with Crippen LogP contribution in [0.15, 0.2) is 66.9 Å². The van der Waals surface area contributed by atoms with E-state index < -0.39 is 28.8 Å². The van der Waals surface area contributed by atoms with Gasteiger partial charge in [0, 0.05) is 5.56 Å². The van der Waals surface area contributed by atoms with Crippen LogP contribution in [0.1, 0.15) is 26.3 Å². The van der Waals surface area contributed by atoms with E-state index in [0.29, 0.717) is 5.56 Å². The Morgan fingerprint density at radius 2 is 1.42 bits per heavy atom. The molecule has 3 rings (SSSR count). The molecule has 0 aliphatic rings. The van der Waals surface area contributed by atoms with Crippen molar-refractivity contribution >= 4 is 11.9 Å². The Labute approximate surface area is 149 Å². The second-order valence-electron chi connectivity index (χ2n) is 5.70. The van der Waals surface area contributed by atoms with Crippen LogP contribution in [0.4, 0.5) is 0 Å². The molecule has 26 heavy (non-hydrogen) atoms. The first-order valence-corrected chi connectivity index (χ1v) is 7.84. The molecule has 0 saturated heterocycles. The molecule has 130 valence electrons. The molecule has 6 nitrogen and oxygen atoms in total. The van der Waals surface area contributed by atoms with Crippen molar-refractivity contribution in [2.75, 3.05) is 0 Å². The Bertz CT molecular complexity index is 968. The molecule has 2 aromatic carbocycles. The largest absolute Gasteiger partial charge is 0.502 e. The van der Waals surface area contributed by atoms with Gasteiger partial charge in [0.05, 0.1) is 5.56 Å². The summed E-state index contributed by atoms with van der Waals surface area (Å²) >= 11 is 0. The molecule has 0 bridgehead atoms. The monoisotopic (exact) mass is 350 g/mol. The number of carboxylic acid groups (broad SMARTS) is 2. The lowest BCUT2D eigenvalue weighted by Crippen LogP contribution is -2.39. The quantitative estimate of drug-likeness (QED) is 0.615. The van der Waals surface area contributed by atoms with Crippen LogP contribution in [-0.4, -0.2) is 27.3 Å². The van der Waals surface area contributed by atoms with Crippen molar-refractivity contribution in [2.24, 2.45) is 0 Å². The number of rotatable bonds is 5. The average molecular weight is 350 g/mol. The summed E-state index contributed by atoms with van der Waals surface area (Å²) in [6.07, 6.45) is 1.25. The topological polar surface area (TPSA) is 98.7 Å². The van der Waals surface area contributed by atoms with Crippen molar-refractivity contribution in [3.8, 4) is 17.0 Å². The Kier molecular flexibility index (Phi) is 4.66. The molecule has 0 radical (unpaired) electrons. The van der Waals surface area contributed by atoms with Crippen molar-refractivity contribution in [3.05, 3.63) is 83.6 Å². The van der Waals surface area contributed by atoms with E-state index in [9.17, 15) is 24.9 Å². The van der Waals surface area contributed by atoms with Crippen molar-refractivity contribution in [1.82, 2.24) is 0 Å². The van der Waals surface area contributed by atoms with Crippen LogP contribution < -0.4 is 4.57 Å². The van der Waals surface area contributed by atoms with Gasteiger partial charge in [0.25, 0.3) is 5.69 Å². The molecular formula is C20H16NO5+. The minimum absolute atomic E-state index is 0.247. The minimum atomic E-state index is -1.50. The highest BCUT2D eigenvalue weighted by Crippen LogP contribution is 2.31. The maximum absolute atomic E-state index is 11.6. The van der Waals surface area contributed by atoms with Gasteiger partial charge in [-0.3, -0.25) is 0 Å². The van der Waals surface area contributed by atoms with Crippen LogP contribution in [-0.2, 0) is 6.54 Å². The predicted octanol–water partition coefficient (Wildman–Crippen LogP) is 2.79. The summed E-state index contributed by atoms with van der Waals surface area (Å²) in [5.74, 6) is -3.48. The summed E-state index contributed by atoms with van der Waals surface area (Å²) < 4.78 is 1.55. The molecular weight excluding hydrogens is 334 g/mol. The van der Waals surface area contributed by atoms with Crippen LogP contribution in [0.3, 0.4) is 0 Å². The second-order valence-corrected chi connectivity index (χ2v) is 5.70. The molecule has 1 aromatic heterocycles. The highest BCUT2D eigenvalue weighted by Gasteiger charge is 2.32. The highest BCUT2D eigenvalue weighted by atomic mass is 16.4. The fourth-order valence-electron chi connectivity index (χ4n) is 2.85. The van der Waals surface area contributed by atoms with Crippen LogP contribution in [0.2, 0.25) is 0 Å². The first kappa shape index (κ1) is 17.2. The number of pyridine rings is 1. The molecule has 0 fully saturated rings. The van der Waals surface area contributed by atoms with Crippen LogP contribution in [0.5, 0.6) is 5.75 Å². The molecule has 1 heterocycles. The molecule has 0 saturated carbocycles. The summed E-state index contributed by atoms with van der Waals surface area (Å²) in [7, 11) is 0. The lowest BCUT2D eigenvalue weighted by molar-refractivity contribution is -0.677. The summed E-state index contributed by atoms with van der Waals surface area (Å²) in [6, 6.07) is 18.1. The first-order chi connectivity index (χ1) is 12.5. The number of aromatic nitrogens is 1. The maximum Gasteiger partial charge on any atom is 0.342 e. The summed E-state index contributed by atoms with van der Waals surface area (Å²) in [5, 5.41) is 29.5. The zero-order valence-electron chi connectivity index (χ0n) is 13.7. The Morgan fingerprint density at radius 3 is 1.96 bits per heavy atom. The van der Waals surface area contributed by atoms with E-state index in [-0.39, 0.29) is 12.2 Å². The first-order valence-electron chi connectivity index (χ1n) is 7.84. The fourth-order valence-corrected chi connectivity index (χ4v) is 2.85. The normalized spacial score (nSPS) is 10.5. The molecule has 0 unspecified atom stereocenters. The zero-order valence-corrected chi connectivity index (χ0v) is 13.7. The molecule has 0 spiro atoms. The van der Waals surface area contributed by atoms with Crippen LogP contribution in [0, 0.1) is 0 Å². The van der Waals surface area contributed by atoms with Crippen molar-refractivity contribution in [1.29, 1.82) is 0 Å². The van der Waals surface area contributed by atoms with Crippen molar-refractivity contribution < 1.29 is 29.5 Å². The fraction of sp³-hybridized carbons (Fsp3) is 0.0500. The third-order valence-corrected chi connectivity index (χ3v) is 3.99.